The van der Waals surface area contributed by atoms with Crippen LogP contribution in [0.4, 0.5) is 5.69 Å². The Morgan fingerprint density at radius 2 is 1.93 bits per heavy atom. The fourth-order valence-electron chi connectivity index (χ4n) is 2.51. The number of rotatable bonds is 6. The number of Topliss-reactive ketones (excluding diaryl/α,β-unsaturated/α-hetero) is 1. The molecule has 0 saturated carbocycles. The van der Waals surface area contributed by atoms with E-state index in [1.165, 1.54) is 36.0 Å². The number of thioether (sulfide) groups is 1. The molecular weight excluding hydrogens is 380 g/mol. The zero-order chi connectivity index (χ0) is 19.5. The lowest BCUT2D eigenvalue weighted by molar-refractivity contribution is -0.384. The summed E-state index contributed by atoms with van der Waals surface area (Å²) in [4.78, 5) is 26.7. The number of hydrogen-bond donors (Lipinski definition) is 0. The van der Waals surface area contributed by atoms with Gasteiger partial charge in [-0.15, -0.1) is 10.2 Å². The highest BCUT2D eigenvalue weighted by atomic mass is 32.2. The molecule has 0 aliphatic carbocycles. The molecule has 0 N–H and O–H groups in total. The number of fused-ring (bicyclic) bond motifs is 1. The average molecular weight is 392 g/mol. The molecule has 0 spiro atoms. The molecule has 0 fully saturated rings. The number of benzene rings is 1. The van der Waals surface area contributed by atoms with E-state index in [1.807, 2.05) is 18.2 Å². The van der Waals surface area contributed by atoms with Crippen molar-refractivity contribution in [3.8, 4) is 11.3 Å². The van der Waals surface area contributed by atoms with Crippen LogP contribution in [0.5, 0.6) is 0 Å². The van der Waals surface area contributed by atoms with E-state index in [1.54, 1.807) is 23.0 Å². The van der Waals surface area contributed by atoms with Gasteiger partial charge in [0.2, 0.25) is 5.16 Å². The highest BCUT2D eigenvalue weighted by Crippen LogP contribution is 2.21. The third kappa shape index (κ3) is 3.58. The number of nitrogens with zero attached hydrogens (tertiary/aromatic N) is 6. The average Bonchev–Trinajstić information content (AvgIpc) is 3.15. The van der Waals surface area contributed by atoms with Crippen LogP contribution in [0.15, 0.2) is 66.1 Å². The molecule has 4 rings (SSSR count). The van der Waals surface area contributed by atoms with Crippen molar-refractivity contribution in [2.75, 3.05) is 5.75 Å². The van der Waals surface area contributed by atoms with E-state index in [9.17, 15) is 14.9 Å². The summed E-state index contributed by atoms with van der Waals surface area (Å²) in [7, 11) is 0. The standard InChI is InChI=1S/C18H12N6O3S/c25-16(12-3-5-14(6-4-12)24(26)27)11-28-18-21-20-17-8-7-15(22-23(17)18)13-2-1-9-19-10-13/h1-10H,11H2. The van der Waals surface area contributed by atoms with E-state index in [0.29, 0.717) is 22.1 Å². The Morgan fingerprint density at radius 1 is 1.11 bits per heavy atom. The molecule has 0 radical (unpaired) electrons. The van der Waals surface area contributed by atoms with E-state index < -0.39 is 4.92 Å². The zero-order valence-electron chi connectivity index (χ0n) is 14.3. The number of nitro benzene ring substituents is 1. The molecule has 3 heterocycles. The third-order valence-electron chi connectivity index (χ3n) is 3.92. The highest BCUT2D eigenvalue weighted by molar-refractivity contribution is 7.99. The first-order valence-corrected chi connectivity index (χ1v) is 9.14. The lowest BCUT2D eigenvalue weighted by Gasteiger charge is -2.03. The number of non-ortho nitro benzene ring substituents is 1. The summed E-state index contributed by atoms with van der Waals surface area (Å²) in [6.07, 6.45) is 3.40. The predicted octanol–water partition coefficient (Wildman–Crippen LogP) is 3.07. The Labute approximate surface area is 162 Å². The van der Waals surface area contributed by atoms with Crippen molar-refractivity contribution in [1.29, 1.82) is 0 Å². The second kappa shape index (κ2) is 7.53. The monoisotopic (exact) mass is 392 g/mol. The van der Waals surface area contributed by atoms with Gasteiger partial charge < -0.3 is 0 Å². The number of carbonyl (C=O) groups excluding carboxylic acids is 1. The number of pyridine rings is 1. The quantitative estimate of drug-likeness (QED) is 0.213. The molecule has 3 aromatic heterocycles. The molecule has 10 heteroatoms. The van der Waals surface area contributed by atoms with Crippen LogP contribution in [0.25, 0.3) is 16.9 Å². The molecule has 0 unspecified atom stereocenters. The molecule has 0 aliphatic rings. The van der Waals surface area contributed by atoms with E-state index >= 15 is 0 Å². The Balaban J connectivity index is 1.53. The maximum absolute atomic E-state index is 12.4. The minimum atomic E-state index is -0.503. The van der Waals surface area contributed by atoms with Crippen molar-refractivity contribution in [2.24, 2.45) is 0 Å². The Bertz CT molecular complexity index is 1160. The molecule has 1 aromatic carbocycles. The van der Waals surface area contributed by atoms with Gasteiger partial charge in [-0.05, 0) is 36.4 Å². The summed E-state index contributed by atoms with van der Waals surface area (Å²) < 4.78 is 1.58. The molecule has 0 atom stereocenters. The van der Waals surface area contributed by atoms with Gasteiger partial charge in [-0.3, -0.25) is 19.9 Å². The Kier molecular flexibility index (Phi) is 4.77. The van der Waals surface area contributed by atoms with Crippen LogP contribution >= 0.6 is 11.8 Å². The first-order chi connectivity index (χ1) is 13.6. The largest absolute Gasteiger partial charge is 0.293 e. The van der Waals surface area contributed by atoms with Crippen molar-refractivity contribution in [2.45, 2.75) is 5.16 Å². The topological polar surface area (TPSA) is 116 Å². The minimum Gasteiger partial charge on any atom is -0.293 e. The lowest BCUT2D eigenvalue weighted by atomic mass is 10.1. The third-order valence-corrected chi connectivity index (χ3v) is 4.84. The van der Waals surface area contributed by atoms with Gasteiger partial charge in [-0.2, -0.15) is 9.61 Å². The van der Waals surface area contributed by atoms with Crippen LogP contribution in [-0.4, -0.2) is 41.3 Å². The molecule has 0 bridgehead atoms. The summed E-state index contributed by atoms with van der Waals surface area (Å²) in [5, 5.41) is 23.9. The van der Waals surface area contributed by atoms with Gasteiger partial charge in [0.05, 0.1) is 16.4 Å². The summed E-state index contributed by atoms with van der Waals surface area (Å²) in [6, 6.07) is 12.9. The van der Waals surface area contributed by atoms with E-state index in [2.05, 4.69) is 20.3 Å². The van der Waals surface area contributed by atoms with Crippen LogP contribution in [-0.2, 0) is 0 Å². The van der Waals surface area contributed by atoms with Crippen LogP contribution in [0.2, 0.25) is 0 Å². The molecule has 9 nitrogen and oxygen atoms in total. The summed E-state index contributed by atoms with van der Waals surface area (Å²) in [5.41, 5.74) is 2.48. The fraction of sp³-hybridized carbons (Fsp3) is 0.0556. The number of ketones is 1. The van der Waals surface area contributed by atoms with Crippen molar-refractivity contribution in [3.63, 3.8) is 0 Å². The minimum absolute atomic E-state index is 0.0558. The maximum Gasteiger partial charge on any atom is 0.269 e. The fourth-order valence-corrected chi connectivity index (χ4v) is 3.29. The van der Waals surface area contributed by atoms with Crippen LogP contribution in [0.3, 0.4) is 0 Å². The molecular formula is C18H12N6O3S. The summed E-state index contributed by atoms with van der Waals surface area (Å²) in [6.45, 7) is 0. The lowest BCUT2D eigenvalue weighted by Crippen LogP contribution is -2.04. The predicted molar refractivity (Wildman–Crippen MR) is 102 cm³/mol. The first kappa shape index (κ1) is 17.7. The summed E-state index contributed by atoms with van der Waals surface area (Å²) in [5.74, 6) is -0.0581. The van der Waals surface area contributed by atoms with Gasteiger partial charge in [0.15, 0.2) is 11.4 Å². The normalized spacial score (nSPS) is 10.9. The molecule has 0 aliphatic heterocycles. The van der Waals surface area contributed by atoms with Gasteiger partial charge >= 0.3 is 0 Å². The zero-order valence-corrected chi connectivity index (χ0v) is 15.1. The van der Waals surface area contributed by atoms with Gasteiger partial charge in [0.25, 0.3) is 5.69 Å². The first-order valence-electron chi connectivity index (χ1n) is 8.15. The number of carbonyl (C=O) groups is 1. The molecule has 28 heavy (non-hydrogen) atoms. The van der Waals surface area contributed by atoms with Crippen LogP contribution in [0, 0.1) is 10.1 Å². The van der Waals surface area contributed by atoms with Crippen LogP contribution < -0.4 is 0 Å². The number of nitro groups is 1. The van der Waals surface area contributed by atoms with Crippen molar-refractivity contribution >= 4 is 28.9 Å². The van der Waals surface area contributed by atoms with Gasteiger partial charge in [0, 0.05) is 35.7 Å². The number of hydrogen-bond acceptors (Lipinski definition) is 8. The highest BCUT2D eigenvalue weighted by Gasteiger charge is 2.14. The number of aromatic nitrogens is 5. The van der Waals surface area contributed by atoms with Crippen molar-refractivity contribution in [1.82, 2.24) is 24.8 Å². The molecule has 138 valence electrons. The molecule has 0 amide bonds. The summed E-state index contributed by atoms with van der Waals surface area (Å²) >= 11 is 1.20. The second-order valence-electron chi connectivity index (χ2n) is 5.73. The maximum atomic E-state index is 12.4. The van der Waals surface area contributed by atoms with Crippen molar-refractivity contribution in [3.05, 3.63) is 76.6 Å². The van der Waals surface area contributed by atoms with Gasteiger partial charge in [-0.25, -0.2) is 0 Å². The smallest absolute Gasteiger partial charge is 0.269 e. The van der Waals surface area contributed by atoms with Gasteiger partial charge in [0.1, 0.15) is 0 Å². The van der Waals surface area contributed by atoms with E-state index in [-0.39, 0.29) is 17.2 Å². The Hall–Kier alpha value is -3.66. The molecule has 4 aromatic rings. The van der Waals surface area contributed by atoms with E-state index in [4.69, 9.17) is 0 Å². The second-order valence-corrected chi connectivity index (χ2v) is 6.67. The molecule has 0 saturated heterocycles. The van der Waals surface area contributed by atoms with Gasteiger partial charge in [-0.1, -0.05) is 11.8 Å². The van der Waals surface area contributed by atoms with Crippen LogP contribution in [0.1, 0.15) is 10.4 Å². The Morgan fingerprint density at radius 3 is 2.64 bits per heavy atom. The van der Waals surface area contributed by atoms with E-state index in [0.717, 1.165) is 5.56 Å². The van der Waals surface area contributed by atoms with Crippen molar-refractivity contribution < 1.29 is 9.72 Å². The SMILES string of the molecule is O=C(CSc1nnc2ccc(-c3cccnc3)nn12)c1ccc([N+](=O)[O-])cc1.